The van der Waals surface area contributed by atoms with Gasteiger partial charge in [-0.05, 0) is 26.7 Å². The molecule has 1 amide bonds. The average Bonchev–Trinajstić information content (AvgIpc) is 2.13. The Bertz CT molecular complexity index is 191. The summed E-state index contributed by atoms with van der Waals surface area (Å²) in [7, 11) is 1.66. The Balaban J connectivity index is 2.13. The molecule has 0 bridgehead atoms. The molecule has 4 heteroatoms. The summed E-state index contributed by atoms with van der Waals surface area (Å²) in [6.45, 7) is 4.67. The van der Waals surface area contributed by atoms with Crippen molar-refractivity contribution in [3.63, 3.8) is 0 Å². The van der Waals surface area contributed by atoms with Crippen molar-refractivity contribution in [1.29, 1.82) is 0 Å². The lowest BCUT2D eigenvalue weighted by molar-refractivity contribution is -0.123. The van der Waals surface area contributed by atoms with Crippen LogP contribution in [0.4, 0.5) is 0 Å². The second-order valence-electron chi connectivity index (χ2n) is 3.75. The molecule has 0 aromatic heterocycles. The first-order chi connectivity index (χ1) is 6.67. The molecule has 0 heterocycles. The van der Waals surface area contributed by atoms with Gasteiger partial charge in [-0.25, -0.2) is 0 Å². The predicted octanol–water partition coefficient (Wildman–Crippen LogP) is 0.278. The van der Waals surface area contributed by atoms with E-state index in [1.165, 1.54) is 0 Å². The molecule has 1 aliphatic rings. The van der Waals surface area contributed by atoms with Crippen LogP contribution < -0.4 is 10.6 Å². The zero-order valence-electron chi connectivity index (χ0n) is 9.17. The Labute approximate surface area is 85.4 Å². The summed E-state index contributed by atoms with van der Waals surface area (Å²) in [4.78, 5) is 11.2. The van der Waals surface area contributed by atoms with Crippen molar-refractivity contribution in [3.8, 4) is 0 Å². The Kier molecular flexibility index (Phi) is 4.35. The lowest BCUT2D eigenvalue weighted by Gasteiger charge is -2.36. The van der Waals surface area contributed by atoms with Gasteiger partial charge in [0.1, 0.15) is 0 Å². The zero-order chi connectivity index (χ0) is 10.6. The molecular weight excluding hydrogens is 180 g/mol. The van der Waals surface area contributed by atoms with Gasteiger partial charge in [0.15, 0.2) is 0 Å². The minimum Gasteiger partial charge on any atom is -0.378 e. The average molecular weight is 200 g/mol. The van der Waals surface area contributed by atoms with Crippen molar-refractivity contribution in [1.82, 2.24) is 10.6 Å². The molecule has 0 aromatic carbocycles. The SMILES string of the molecule is CCOC1CC(NC(C)C(=O)NC)C1. The molecule has 14 heavy (non-hydrogen) atoms. The summed E-state index contributed by atoms with van der Waals surface area (Å²) in [5.74, 6) is 0.0462. The number of carbonyl (C=O) groups is 1. The standard InChI is InChI=1S/C10H20N2O2/c1-4-14-9-5-8(6-9)12-7(2)10(13)11-3/h7-9,12H,4-6H2,1-3H3,(H,11,13). The monoisotopic (exact) mass is 200 g/mol. The fourth-order valence-electron chi connectivity index (χ4n) is 1.72. The number of likely N-dealkylation sites (N-methyl/N-ethyl adjacent to an activating group) is 1. The molecule has 1 unspecified atom stereocenters. The fraction of sp³-hybridized carbons (Fsp3) is 0.900. The fourth-order valence-corrected chi connectivity index (χ4v) is 1.72. The van der Waals surface area contributed by atoms with Gasteiger partial charge in [-0.15, -0.1) is 0 Å². The molecule has 2 N–H and O–H groups in total. The molecule has 0 spiro atoms. The van der Waals surface area contributed by atoms with E-state index in [0.29, 0.717) is 12.1 Å². The molecule has 0 aliphatic heterocycles. The van der Waals surface area contributed by atoms with E-state index in [0.717, 1.165) is 19.4 Å². The van der Waals surface area contributed by atoms with Crippen molar-refractivity contribution in [2.75, 3.05) is 13.7 Å². The number of hydrogen-bond acceptors (Lipinski definition) is 3. The molecule has 0 saturated heterocycles. The Morgan fingerprint density at radius 2 is 2.21 bits per heavy atom. The van der Waals surface area contributed by atoms with Crippen LogP contribution in [0, 0.1) is 0 Å². The number of hydrogen-bond donors (Lipinski definition) is 2. The third-order valence-electron chi connectivity index (χ3n) is 2.62. The number of amides is 1. The van der Waals surface area contributed by atoms with Crippen LogP contribution in [0.5, 0.6) is 0 Å². The van der Waals surface area contributed by atoms with Crippen LogP contribution in [-0.2, 0) is 9.53 Å². The van der Waals surface area contributed by atoms with Gasteiger partial charge < -0.3 is 15.4 Å². The third kappa shape index (κ3) is 2.96. The maximum Gasteiger partial charge on any atom is 0.236 e. The van der Waals surface area contributed by atoms with Crippen molar-refractivity contribution >= 4 is 5.91 Å². The van der Waals surface area contributed by atoms with Crippen LogP contribution in [0.1, 0.15) is 26.7 Å². The minimum atomic E-state index is -0.104. The lowest BCUT2D eigenvalue weighted by Crippen LogP contribution is -2.52. The van der Waals surface area contributed by atoms with Crippen molar-refractivity contribution in [3.05, 3.63) is 0 Å². The number of ether oxygens (including phenoxy) is 1. The summed E-state index contributed by atoms with van der Waals surface area (Å²) in [6.07, 6.45) is 2.44. The molecule has 1 saturated carbocycles. The molecule has 1 rings (SSSR count). The maximum absolute atomic E-state index is 11.2. The predicted molar refractivity (Wildman–Crippen MR) is 55.1 cm³/mol. The first-order valence-electron chi connectivity index (χ1n) is 5.26. The van der Waals surface area contributed by atoms with Gasteiger partial charge in [0.05, 0.1) is 12.1 Å². The van der Waals surface area contributed by atoms with Crippen LogP contribution >= 0.6 is 0 Å². The minimum absolute atomic E-state index is 0.0462. The smallest absolute Gasteiger partial charge is 0.236 e. The van der Waals surface area contributed by atoms with Crippen LogP contribution in [0.3, 0.4) is 0 Å². The number of nitrogens with one attached hydrogen (secondary N) is 2. The molecule has 82 valence electrons. The van der Waals surface area contributed by atoms with Gasteiger partial charge in [0.2, 0.25) is 5.91 Å². The maximum atomic E-state index is 11.2. The van der Waals surface area contributed by atoms with E-state index in [1.807, 2.05) is 13.8 Å². The zero-order valence-corrected chi connectivity index (χ0v) is 9.17. The molecule has 0 aromatic rings. The van der Waals surface area contributed by atoms with Gasteiger partial charge in [-0.2, -0.15) is 0 Å². The summed E-state index contributed by atoms with van der Waals surface area (Å²) in [5, 5.41) is 5.89. The van der Waals surface area contributed by atoms with Gasteiger partial charge in [-0.1, -0.05) is 0 Å². The second kappa shape index (κ2) is 5.32. The highest BCUT2D eigenvalue weighted by molar-refractivity contribution is 5.80. The first kappa shape index (κ1) is 11.5. The highest BCUT2D eigenvalue weighted by atomic mass is 16.5. The highest BCUT2D eigenvalue weighted by Crippen LogP contribution is 2.23. The number of carbonyl (C=O) groups excluding carboxylic acids is 1. The summed E-state index contributed by atoms with van der Waals surface area (Å²) < 4.78 is 5.44. The van der Waals surface area contributed by atoms with E-state index >= 15 is 0 Å². The normalized spacial score (nSPS) is 27.9. The molecule has 1 atom stereocenters. The largest absolute Gasteiger partial charge is 0.378 e. The molecule has 1 fully saturated rings. The molecule has 4 nitrogen and oxygen atoms in total. The molecular formula is C10H20N2O2. The van der Waals surface area contributed by atoms with E-state index in [9.17, 15) is 4.79 Å². The van der Waals surface area contributed by atoms with Crippen molar-refractivity contribution < 1.29 is 9.53 Å². The summed E-state index contributed by atoms with van der Waals surface area (Å²) in [5.41, 5.74) is 0. The highest BCUT2D eigenvalue weighted by Gasteiger charge is 2.31. The van der Waals surface area contributed by atoms with E-state index in [2.05, 4.69) is 10.6 Å². The van der Waals surface area contributed by atoms with Gasteiger partial charge >= 0.3 is 0 Å². The van der Waals surface area contributed by atoms with Crippen LogP contribution in [0.2, 0.25) is 0 Å². The topological polar surface area (TPSA) is 50.4 Å². The van der Waals surface area contributed by atoms with Crippen molar-refractivity contribution in [2.24, 2.45) is 0 Å². The van der Waals surface area contributed by atoms with Gasteiger partial charge in [-0.3, -0.25) is 4.79 Å². The Morgan fingerprint density at radius 3 is 2.71 bits per heavy atom. The first-order valence-corrected chi connectivity index (χ1v) is 5.26. The lowest BCUT2D eigenvalue weighted by atomic mass is 9.88. The van der Waals surface area contributed by atoms with Crippen LogP contribution in [0.25, 0.3) is 0 Å². The summed E-state index contributed by atoms with van der Waals surface area (Å²) in [6, 6.07) is 0.339. The second-order valence-corrected chi connectivity index (χ2v) is 3.75. The van der Waals surface area contributed by atoms with E-state index in [4.69, 9.17) is 4.74 Å². The van der Waals surface area contributed by atoms with Gasteiger partial charge in [0.25, 0.3) is 0 Å². The summed E-state index contributed by atoms with van der Waals surface area (Å²) >= 11 is 0. The number of rotatable bonds is 5. The van der Waals surface area contributed by atoms with Crippen LogP contribution in [-0.4, -0.2) is 37.7 Å². The van der Waals surface area contributed by atoms with Crippen molar-refractivity contribution in [2.45, 2.75) is 44.9 Å². The van der Waals surface area contributed by atoms with E-state index in [-0.39, 0.29) is 11.9 Å². The Morgan fingerprint density at radius 1 is 1.57 bits per heavy atom. The third-order valence-corrected chi connectivity index (χ3v) is 2.62. The van der Waals surface area contributed by atoms with E-state index in [1.54, 1.807) is 7.05 Å². The quantitative estimate of drug-likeness (QED) is 0.670. The molecule has 0 radical (unpaired) electrons. The van der Waals surface area contributed by atoms with Gasteiger partial charge in [0, 0.05) is 19.7 Å². The molecule has 1 aliphatic carbocycles. The van der Waals surface area contributed by atoms with Crippen LogP contribution in [0.15, 0.2) is 0 Å². The Hall–Kier alpha value is -0.610. The van der Waals surface area contributed by atoms with E-state index < -0.39 is 0 Å².